The van der Waals surface area contributed by atoms with Crippen molar-refractivity contribution in [2.75, 3.05) is 41.8 Å². The lowest BCUT2D eigenvalue weighted by atomic mass is 10.1. The summed E-state index contributed by atoms with van der Waals surface area (Å²) in [4.78, 5) is 27.6. The minimum absolute atomic E-state index is 0.00573. The molecule has 3 aromatic rings. The van der Waals surface area contributed by atoms with E-state index >= 15 is 0 Å². The van der Waals surface area contributed by atoms with Crippen molar-refractivity contribution in [2.24, 2.45) is 0 Å². The molecule has 160 valence electrons. The predicted octanol–water partition coefficient (Wildman–Crippen LogP) is 3.96. The van der Waals surface area contributed by atoms with Gasteiger partial charge in [0.1, 0.15) is 0 Å². The fourth-order valence-corrected chi connectivity index (χ4v) is 3.28. The summed E-state index contributed by atoms with van der Waals surface area (Å²) in [6.07, 6.45) is 0.987. The Balaban J connectivity index is 1.63. The Kier molecular flexibility index (Phi) is 6.37. The number of aryl methyl sites for hydroxylation is 1. The number of carbonyl (C=O) groups is 1. The van der Waals surface area contributed by atoms with Crippen LogP contribution in [0.25, 0.3) is 0 Å². The largest absolute Gasteiger partial charge is 0.378 e. The topological polar surface area (TPSA) is 92.3 Å². The van der Waals surface area contributed by atoms with E-state index in [1.807, 2.05) is 24.3 Å². The van der Waals surface area contributed by atoms with Crippen molar-refractivity contribution >= 4 is 35.0 Å². The third-order valence-electron chi connectivity index (χ3n) is 5.06. The maximum Gasteiger partial charge on any atom is 0.233 e. The van der Waals surface area contributed by atoms with Crippen molar-refractivity contribution in [3.63, 3.8) is 0 Å². The average Bonchev–Trinajstić information content (AvgIpc) is 2.80. The van der Waals surface area contributed by atoms with E-state index in [4.69, 9.17) is 4.74 Å². The highest BCUT2D eigenvalue weighted by Gasteiger charge is 2.17. The number of ether oxygens (including phenoxy) is 1. The van der Waals surface area contributed by atoms with Crippen molar-refractivity contribution in [3.05, 3.63) is 59.7 Å². The van der Waals surface area contributed by atoms with Gasteiger partial charge >= 0.3 is 0 Å². The number of nitrogens with one attached hydrogen (secondary N) is 2. The lowest BCUT2D eigenvalue weighted by Crippen LogP contribution is -2.37. The van der Waals surface area contributed by atoms with Crippen LogP contribution in [0.4, 0.5) is 29.2 Å². The number of ketones is 1. The Morgan fingerprint density at radius 3 is 2.29 bits per heavy atom. The van der Waals surface area contributed by atoms with Crippen LogP contribution in [0.2, 0.25) is 0 Å². The van der Waals surface area contributed by atoms with E-state index in [9.17, 15) is 4.79 Å². The van der Waals surface area contributed by atoms with E-state index in [0.717, 1.165) is 17.8 Å². The number of nitrogens with zero attached hydrogens (tertiary/aromatic N) is 4. The minimum Gasteiger partial charge on any atom is -0.378 e. The van der Waals surface area contributed by atoms with Gasteiger partial charge in [-0.1, -0.05) is 31.2 Å². The molecule has 0 amide bonds. The summed E-state index contributed by atoms with van der Waals surface area (Å²) < 4.78 is 5.45. The fraction of sp³-hybridized carbons (Fsp3) is 0.304. The molecule has 2 heterocycles. The number of benzene rings is 2. The van der Waals surface area contributed by atoms with E-state index in [1.165, 1.54) is 5.56 Å². The van der Waals surface area contributed by atoms with Gasteiger partial charge in [0, 0.05) is 30.0 Å². The van der Waals surface area contributed by atoms with Gasteiger partial charge < -0.3 is 20.3 Å². The molecule has 31 heavy (non-hydrogen) atoms. The zero-order valence-electron chi connectivity index (χ0n) is 17.8. The Bertz CT molecular complexity index is 1050. The second-order valence-corrected chi connectivity index (χ2v) is 7.32. The molecule has 1 aliphatic heterocycles. The lowest BCUT2D eigenvalue weighted by molar-refractivity contribution is 0.101. The Hall–Kier alpha value is -3.52. The first-order valence-electron chi connectivity index (χ1n) is 10.4. The number of hydrogen-bond acceptors (Lipinski definition) is 8. The van der Waals surface area contributed by atoms with Gasteiger partial charge in [0.2, 0.25) is 17.8 Å². The molecule has 0 radical (unpaired) electrons. The van der Waals surface area contributed by atoms with Gasteiger partial charge in [-0.25, -0.2) is 0 Å². The SMILES string of the molecule is CCc1ccc(Nc2nc(Nc3cccc(C(C)=O)c3)nc(N3CCOCC3)n2)cc1. The molecule has 0 unspecified atom stereocenters. The fourth-order valence-electron chi connectivity index (χ4n) is 3.28. The molecule has 2 N–H and O–H groups in total. The average molecular weight is 419 g/mol. The molecule has 2 aromatic carbocycles. The molecule has 8 nitrogen and oxygen atoms in total. The Morgan fingerprint density at radius 2 is 1.65 bits per heavy atom. The second kappa shape index (κ2) is 9.53. The van der Waals surface area contributed by atoms with Crippen LogP contribution in [0, 0.1) is 0 Å². The molecule has 0 saturated carbocycles. The number of hydrogen-bond donors (Lipinski definition) is 2. The summed E-state index contributed by atoms with van der Waals surface area (Å²) in [5.41, 5.74) is 3.54. The molecule has 0 bridgehead atoms. The van der Waals surface area contributed by atoms with Gasteiger partial charge in [0.15, 0.2) is 5.78 Å². The van der Waals surface area contributed by atoms with Crippen LogP contribution in [0.15, 0.2) is 48.5 Å². The first kappa shape index (κ1) is 20.7. The third kappa shape index (κ3) is 5.35. The molecule has 8 heteroatoms. The van der Waals surface area contributed by atoms with Gasteiger partial charge in [-0.15, -0.1) is 0 Å². The molecule has 1 fully saturated rings. The highest BCUT2D eigenvalue weighted by Crippen LogP contribution is 2.22. The van der Waals surface area contributed by atoms with Gasteiger partial charge in [-0.05, 0) is 43.2 Å². The van der Waals surface area contributed by atoms with Gasteiger partial charge in [0.05, 0.1) is 13.2 Å². The monoisotopic (exact) mass is 418 g/mol. The maximum atomic E-state index is 11.7. The van der Waals surface area contributed by atoms with Crippen LogP contribution >= 0.6 is 0 Å². The van der Waals surface area contributed by atoms with Crippen LogP contribution in [0.1, 0.15) is 29.8 Å². The molecule has 0 spiro atoms. The normalized spacial score (nSPS) is 13.7. The summed E-state index contributed by atoms with van der Waals surface area (Å²) in [7, 11) is 0. The van der Waals surface area contributed by atoms with Crippen LogP contribution in [-0.2, 0) is 11.2 Å². The third-order valence-corrected chi connectivity index (χ3v) is 5.06. The summed E-state index contributed by atoms with van der Waals surface area (Å²) in [6, 6.07) is 15.5. The zero-order chi connectivity index (χ0) is 21.6. The quantitative estimate of drug-likeness (QED) is 0.557. The second-order valence-electron chi connectivity index (χ2n) is 7.32. The molecule has 0 aliphatic carbocycles. The van der Waals surface area contributed by atoms with Crippen LogP contribution in [0.3, 0.4) is 0 Å². The van der Waals surface area contributed by atoms with Crippen molar-refractivity contribution < 1.29 is 9.53 Å². The summed E-state index contributed by atoms with van der Waals surface area (Å²) >= 11 is 0. The number of carbonyl (C=O) groups excluding carboxylic acids is 1. The van der Waals surface area contributed by atoms with E-state index in [0.29, 0.717) is 49.7 Å². The molecule has 1 saturated heterocycles. The van der Waals surface area contributed by atoms with Crippen molar-refractivity contribution in [2.45, 2.75) is 20.3 Å². The van der Waals surface area contributed by atoms with Crippen LogP contribution in [0.5, 0.6) is 0 Å². The minimum atomic E-state index is 0.00573. The van der Waals surface area contributed by atoms with Gasteiger partial charge in [-0.2, -0.15) is 15.0 Å². The van der Waals surface area contributed by atoms with Crippen molar-refractivity contribution in [1.29, 1.82) is 0 Å². The number of morpholine rings is 1. The highest BCUT2D eigenvalue weighted by molar-refractivity contribution is 5.95. The Labute approximate surface area is 181 Å². The highest BCUT2D eigenvalue weighted by atomic mass is 16.5. The standard InChI is InChI=1S/C23H26N6O2/c1-3-17-7-9-19(10-8-17)24-21-26-22(25-20-6-4-5-18(15-20)16(2)30)28-23(27-21)29-11-13-31-14-12-29/h4-10,15H,3,11-14H2,1-2H3,(H2,24,25,26,27,28). The zero-order valence-corrected chi connectivity index (χ0v) is 17.8. The number of rotatable bonds is 7. The van der Waals surface area contributed by atoms with Gasteiger partial charge in [-0.3, -0.25) is 4.79 Å². The first-order chi connectivity index (χ1) is 15.1. The molecular formula is C23H26N6O2. The first-order valence-corrected chi connectivity index (χ1v) is 10.4. The smallest absolute Gasteiger partial charge is 0.233 e. The molecule has 1 aromatic heterocycles. The summed E-state index contributed by atoms with van der Waals surface area (Å²) in [5, 5.41) is 6.49. The number of anilines is 5. The van der Waals surface area contributed by atoms with E-state index < -0.39 is 0 Å². The van der Waals surface area contributed by atoms with Crippen LogP contribution < -0.4 is 15.5 Å². The van der Waals surface area contributed by atoms with Crippen LogP contribution in [-0.4, -0.2) is 47.0 Å². The van der Waals surface area contributed by atoms with E-state index in [-0.39, 0.29) is 5.78 Å². The Morgan fingerprint density at radius 1 is 0.968 bits per heavy atom. The summed E-state index contributed by atoms with van der Waals surface area (Å²) in [5.74, 6) is 1.44. The number of aromatic nitrogens is 3. The molecular weight excluding hydrogens is 392 g/mol. The molecule has 0 atom stereocenters. The van der Waals surface area contributed by atoms with E-state index in [2.05, 4.69) is 49.5 Å². The molecule has 4 rings (SSSR count). The van der Waals surface area contributed by atoms with E-state index in [1.54, 1.807) is 19.1 Å². The van der Waals surface area contributed by atoms with Crippen molar-refractivity contribution in [3.8, 4) is 0 Å². The van der Waals surface area contributed by atoms with Gasteiger partial charge in [0.25, 0.3) is 0 Å². The van der Waals surface area contributed by atoms with Crippen molar-refractivity contribution in [1.82, 2.24) is 15.0 Å². The summed E-state index contributed by atoms with van der Waals surface area (Å²) in [6.45, 7) is 6.38. The lowest BCUT2D eigenvalue weighted by Gasteiger charge is -2.27. The predicted molar refractivity (Wildman–Crippen MR) is 122 cm³/mol. The maximum absolute atomic E-state index is 11.7. The molecule has 1 aliphatic rings. The number of Topliss-reactive ketones (excluding diaryl/α,β-unsaturated/α-hetero) is 1.